The highest BCUT2D eigenvalue weighted by Crippen LogP contribution is 2.18. The number of nitrogens with zero attached hydrogens (tertiary/aromatic N) is 2. The lowest BCUT2D eigenvalue weighted by molar-refractivity contribution is 0.0826. The van der Waals surface area contributed by atoms with Gasteiger partial charge in [0.15, 0.2) is 0 Å². The van der Waals surface area contributed by atoms with Crippen molar-refractivity contribution < 1.29 is 4.79 Å². The highest BCUT2D eigenvalue weighted by molar-refractivity contribution is 5.99. The number of pyridine rings is 1. The van der Waals surface area contributed by atoms with Crippen molar-refractivity contribution >= 4 is 22.5 Å². The van der Waals surface area contributed by atoms with Gasteiger partial charge in [0.1, 0.15) is 5.56 Å². The Balaban J connectivity index is 2.90. The molecule has 5 nitrogen and oxygen atoms in total. The Kier molecular flexibility index (Phi) is 3.29. The van der Waals surface area contributed by atoms with Crippen LogP contribution in [0.5, 0.6) is 0 Å². The quantitative estimate of drug-likeness (QED) is 0.827. The molecule has 0 radical (unpaired) electrons. The fourth-order valence-electron chi connectivity index (χ4n) is 2.12. The Hall–Kier alpha value is -2.30. The van der Waals surface area contributed by atoms with E-state index < -0.39 is 0 Å². The molecule has 2 N–H and O–H groups in total. The second-order valence-electron chi connectivity index (χ2n) is 4.60. The summed E-state index contributed by atoms with van der Waals surface area (Å²) in [6.07, 6.45) is 1.60. The molecule has 100 valence electrons. The summed E-state index contributed by atoms with van der Waals surface area (Å²) in [6.45, 7) is 2.62. The molecule has 0 aliphatic rings. The number of nitrogens with two attached hydrogens (primary N) is 1. The summed E-state index contributed by atoms with van der Waals surface area (Å²) in [5.41, 5.74) is 6.88. The largest absolute Gasteiger partial charge is 0.398 e. The Morgan fingerprint density at radius 1 is 1.37 bits per heavy atom. The molecule has 1 heterocycles. The smallest absolute Gasteiger partial charge is 0.258 e. The lowest BCUT2D eigenvalue weighted by Gasteiger charge is -2.15. The monoisotopic (exact) mass is 259 g/mol. The van der Waals surface area contributed by atoms with Crippen LogP contribution in [-0.4, -0.2) is 29.5 Å². The molecule has 0 fully saturated rings. The summed E-state index contributed by atoms with van der Waals surface area (Å²) in [7, 11) is 3.24. The Bertz CT molecular complexity index is 702. The first kappa shape index (κ1) is 13.1. The van der Waals surface area contributed by atoms with Crippen LogP contribution in [0.1, 0.15) is 17.3 Å². The molecule has 0 aliphatic heterocycles. The minimum atomic E-state index is -0.309. The Morgan fingerprint density at radius 2 is 2.05 bits per heavy atom. The van der Waals surface area contributed by atoms with Crippen LogP contribution in [0, 0.1) is 0 Å². The first-order valence-corrected chi connectivity index (χ1v) is 6.10. The minimum absolute atomic E-state index is 0.150. The van der Waals surface area contributed by atoms with Gasteiger partial charge in [0.25, 0.3) is 5.91 Å². The number of nitrogen functional groups attached to an aromatic ring is 1. The number of carbonyl (C=O) groups excluding carboxylic acids is 1. The zero-order valence-electron chi connectivity index (χ0n) is 11.3. The highest BCUT2D eigenvalue weighted by Gasteiger charge is 2.17. The van der Waals surface area contributed by atoms with E-state index in [2.05, 4.69) is 0 Å². The molecule has 1 amide bonds. The molecule has 2 rings (SSSR count). The van der Waals surface area contributed by atoms with Crippen LogP contribution in [0.4, 0.5) is 5.69 Å². The minimum Gasteiger partial charge on any atom is -0.398 e. The zero-order valence-corrected chi connectivity index (χ0v) is 11.3. The Morgan fingerprint density at radius 3 is 2.63 bits per heavy atom. The van der Waals surface area contributed by atoms with Crippen molar-refractivity contribution in [3.63, 3.8) is 0 Å². The van der Waals surface area contributed by atoms with E-state index in [9.17, 15) is 9.59 Å². The van der Waals surface area contributed by atoms with Gasteiger partial charge in [-0.1, -0.05) is 6.07 Å². The lowest BCUT2D eigenvalue weighted by atomic mass is 10.1. The van der Waals surface area contributed by atoms with E-state index in [0.29, 0.717) is 17.6 Å². The summed E-state index contributed by atoms with van der Waals surface area (Å²) >= 11 is 0. The van der Waals surface area contributed by atoms with Gasteiger partial charge in [-0.15, -0.1) is 0 Å². The van der Waals surface area contributed by atoms with Crippen LogP contribution in [0.25, 0.3) is 10.9 Å². The first-order chi connectivity index (χ1) is 8.97. The number of hydrogen-bond acceptors (Lipinski definition) is 3. The van der Waals surface area contributed by atoms with E-state index in [1.807, 2.05) is 17.6 Å². The molecule has 0 atom stereocenters. The molecular formula is C14H17N3O2. The maximum atomic E-state index is 12.4. The van der Waals surface area contributed by atoms with E-state index in [1.165, 1.54) is 4.90 Å². The number of rotatable bonds is 2. The van der Waals surface area contributed by atoms with E-state index in [-0.39, 0.29) is 16.9 Å². The van der Waals surface area contributed by atoms with Crippen molar-refractivity contribution in [2.75, 3.05) is 19.8 Å². The van der Waals surface area contributed by atoms with Gasteiger partial charge in [0, 0.05) is 32.5 Å². The van der Waals surface area contributed by atoms with Crippen molar-refractivity contribution in [2.24, 2.45) is 0 Å². The maximum absolute atomic E-state index is 12.4. The molecule has 0 spiro atoms. The lowest BCUT2D eigenvalue weighted by Crippen LogP contribution is -2.29. The number of aromatic nitrogens is 1. The third-order valence-corrected chi connectivity index (χ3v) is 3.12. The Labute approximate surface area is 111 Å². The first-order valence-electron chi connectivity index (χ1n) is 6.10. The molecule has 5 heteroatoms. The number of benzene rings is 1. The molecule has 0 bridgehead atoms. The molecule has 2 aromatic rings. The van der Waals surface area contributed by atoms with Gasteiger partial charge in [0.05, 0.1) is 10.9 Å². The average molecular weight is 259 g/mol. The summed E-state index contributed by atoms with van der Waals surface area (Å²) in [4.78, 5) is 25.9. The van der Waals surface area contributed by atoms with Crippen molar-refractivity contribution in [3.8, 4) is 0 Å². The van der Waals surface area contributed by atoms with Crippen LogP contribution in [0.3, 0.4) is 0 Å². The molecule has 19 heavy (non-hydrogen) atoms. The fraction of sp³-hybridized carbons (Fsp3) is 0.286. The van der Waals surface area contributed by atoms with Crippen molar-refractivity contribution in [3.05, 3.63) is 40.2 Å². The second-order valence-corrected chi connectivity index (χ2v) is 4.60. The normalized spacial score (nSPS) is 10.7. The van der Waals surface area contributed by atoms with Gasteiger partial charge in [-0.2, -0.15) is 0 Å². The van der Waals surface area contributed by atoms with Crippen LogP contribution in [0.15, 0.2) is 29.2 Å². The van der Waals surface area contributed by atoms with E-state index >= 15 is 0 Å². The van der Waals surface area contributed by atoms with Gasteiger partial charge in [-0.05, 0) is 19.1 Å². The number of anilines is 1. The third-order valence-electron chi connectivity index (χ3n) is 3.12. The van der Waals surface area contributed by atoms with Crippen LogP contribution in [-0.2, 0) is 6.54 Å². The fourth-order valence-corrected chi connectivity index (χ4v) is 2.12. The van der Waals surface area contributed by atoms with Crippen LogP contribution in [0.2, 0.25) is 0 Å². The maximum Gasteiger partial charge on any atom is 0.258 e. The van der Waals surface area contributed by atoms with Crippen LogP contribution >= 0.6 is 0 Å². The topological polar surface area (TPSA) is 68.3 Å². The molecule has 1 aromatic heterocycles. The van der Waals surface area contributed by atoms with Crippen LogP contribution < -0.4 is 11.2 Å². The highest BCUT2D eigenvalue weighted by atomic mass is 16.2. The third kappa shape index (κ3) is 2.07. The van der Waals surface area contributed by atoms with E-state index in [1.54, 1.807) is 32.4 Å². The van der Waals surface area contributed by atoms with Crippen molar-refractivity contribution in [1.82, 2.24) is 9.47 Å². The number of carbonyl (C=O) groups is 1. The molecule has 0 unspecified atom stereocenters. The van der Waals surface area contributed by atoms with Gasteiger partial charge >= 0.3 is 0 Å². The standard InChI is InChI=1S/C14H17N3O2/c1-4-17-8-9(14(19)16(2)3)13(18)12-10(15)6-5-7-11(12)17/h5-8H,4,15H2,1-3H3. The van der Waals surface area contributed by atoms with E-state index in [0.717, 1.165) is 5.52 Å². The molecule has 1 aromatic carbocycles. The summed E-state index contributed by atoms with van der Waals surface area (Å²) in [6, 6.07) is 5.31. The molecular weight excluding hydrogens is 242 g/mol. The number of hydrogen-bond donors (Lipinski definition) is 1. The average Bonchev–Trinajstić information content (AvgIpc) is 2.38. The van der Waals surface area contributed by atoms with Gasteiger partial charge in [-0.25, -0.2) is 0 Å². The van der Waals surface area contributed by atoms with Gasteiger partial charge in [0.2, 0.25) is 5.43 Å². The van der Waals surface area contributed by atoms with Crippen molar-refractivity contribution in [1.29, 1.82) is 0 Å². The summed E-state index contributed by atoms with van der Waals surface area (Å²) in [5.74, 6) is -0.308. The molecule has 0 saturated carbocycles. The number of amides is 1. The molecule has 0 aliphatic carbocycles. The predicted octanol–water partition coefficient (Wildman–Crippen LogP) is 1.31. The van der Waals surface area contributed by atoms with Gasteiger partial charge in [-0.3, -0.25) is 9.59 Å². The number of fused-ring (bicyclic) bond motifs is 1. The van der Waals surface area contributed by atoms with Crippen molar-refractivity contribution in [2.45, 2.75) is 13.5 Å². The van der Waals surface area contributed by atoms with E-state index in [4.69, 9.17) is 5.73 Å². The second kappa shape index (κ2) is 4.76. The zero-order chi connectivity index (χ0) is 14.2. The SMILES string of the molecule is CCn1cc(C(=O)N(C)C)c(=O)c2c(N)cccc21. The van der Waals surface area contributed by atoms with Gasteiger partial charge < -0.3 is 15.2 Å². The predicted molar refractivity (Wildman–Crippen MR) is 76.3 cm³/mol. The molecule has 0 saturated heterocycles. The number of aryl methyl sites for hydroxylation is 1. The summed E-state index contributed by atoms with van der Waals surface area (Å²) < 4.78 is 1.86. The summed E-state index contributed by atoms with van der Waals surface area (Å²) in [5, 5.41) is 0.414.